The second-order valence-corrected chi connectivity index (χ2v) is 8.64. The summed E-state index contributed by atoms with van der Waals surface area (Å²) in [6, 6.07) is 25.2. The highest BCUT2D eigenvalue weighted by Gasteiger charge is 2.24. The number of aromatic nitrogens is 3. The Labute approximate surface area is 187 Å². The molecule has 4 aromatic rings. The molecule has 4 rings (SSSR count). The first kappa shape index (κ1) is 20.4. The van der Waals surface area contributed by atoms with E-state index in [-0.39, 0.29) is 5.91 Å². The fourth-order valence-electron chi connectivity index (χ4n) is 2.92. The monoisotopic (exact) mass is 478 g/mol. The van der Waals surface area contributed by atoms with Crippen LogP contribution < -0.4 is 5.32 Å². The number of H-pyrrole nitrogens is 1. The highest BCUT2D eigenvalue weighted by molar-refractivity contribution is 9.10. The minimum Gasteiger partial charge on any atom is -0.325 e. The fourth-order valence-corrected chi connectivity index (χ4v) is 4.31. The second-order valence-electron chi connectivity index (χ2n) is 6.71. The Morgan fingerprint density at radius 3 is 2.43 bits per heavy atom. The summed E-state index contributed by atoms with van der Waals surface area (Å²) < 4.78 is 0.925. The molecule has 0 aliphatic rings. The number of benzene rings is 3. The number of hydrogen-bond acceptors (Lipinski definition) is 4. The lowest BCUT2D eigenvalue weighted by atomic mass is 10.1. The molecule has 1 amide bonds. The first-order chi connectivity index (χ1) is 14.6. The molecule has 0 bridgehead atoms. The zero-order valence-electron chi connectivity index (χ0n) is 16.2. The molecule has 1 aromatic heterocycles. The van der Waals surface area contributed by atoms with E-state index in [1.54, 1.807) is 0 Å². The van der Waals surface area contributed by atoms with Crippen LogP contribution in [0, 0.1) is 6.92 Å². The van der Waals surface area contributed by atoms with Gasteiger partial charge in [0.1, 0.15) is 5.25 Å². The summed E-state index contributed by atoms with van der Waals surface area (Å²) in [6.07, 6.45) is 0. The molecule has 0 fully saturated rings. The fraction of sp³-hybridized carbons (Fsp3) is 0.0870. The topological polar surface area (TPSA) is 70.7 Å². The lowest BCUT2D eigenvalue weighted by molar-refractivity contribution is -0.115. The van der Waals surface area contributed by atoms with Gasteiger partial charge in [0.15, 0.2) is 5.82 Å². The van der Waals surface area contributed by atoms with Gasteiger partial charge in [0.25, 0.3) is 0 Å². The van der Waals surface area contributed by atoms with Crippen LogP contribution in [0.2, 0.25) is 0 Å². The molecule has 30 heavy (non-hydrogen) atoms. The van der Waals surface area contributed by atoms with Crippen molar-refractivity contribution in [3.8, 4) is 11.4 Å². The number of rotatable bonds is 6. The molecule has 3 aromatic carbocycles. The molecule has 0 aliphatic carbocycles. The predicted octanol–water partition coefficient (Wildman–Crippen LogP) is 6.01. The summed E-state index contributed by atoms with van der Waals surface area (Å²) in [5.74, 6) is 0.526. The van der Waals surface area contributed by atoms with Crippen molar-refractivity contribution in [3.63, 3.8) is 0 Å². The molecule has 0 radical (unpaired) electrons. The van der Waals surface area contributed by atoms with Crippen molar-refractivity contribution in [1.29, 1.82) is 0 Å². The van der Waals surface area contributed by atoms with Gasteiger partial charge in [0.05, 0.1) is 0 Å². The number of aryl methyl sites for hydroxylation is 1. The third-order valence-corrected chi connectivity index (χ3v) is 6.28. The second kappa shape index (κ2) is 9.28. The van der Waals surface area contributed by atoms with E-state index in [4.69, 9.17) is 0 Å². The van der Waals surface area contributed by atoms with Gasteiger partial charge in [-0.15, -0.1) is 5.10 Å². The Morgan fingerprint density at radius 2 is 1.70 bits per heavy atom. The Bertz CT molecular complexity index is 1150. The van der Waals surface area contributed by atoms with E-state index < -0.39 is 5.25 Å². The minimum atomic E-state index is -0.490. The molecule has 150 valence electrons. The number of amides is 1. The van der Waals surface area contributed by atoms with Crippen LogP contribution in [-0.4, -0.2) is 21.1 Å². The Morgan fingerprint density at radius 1 is 1.00 bits per heavy atom. The van der Waals surface area contributed by atoms with E-state index in [0.717, 1.165) is 26.9 Å². The van der Waals surface area contributed by atoms with Gasteiger partial charge >= 0.3 is 0 Å². The summed E-state index contributed by atoms with van der Waals surface area (Å²) >= 11 is 4.85. The highest BCUT2D eigenvalue weighted by Crippen LogP contribution is 2.35. The number of thioether (sulfide) groups is 1. The molecular formula is C23H19BrN4OS. The quantitative estimate of drug-likeness (QED) is 0.332. The summed E-state index contributed by atoms with van der Waals surface area (Å²) in [4.78, 5) is 17.7. The Hall–Kier alpha value is -2.90. The molecule has 0 saturated carbocycles. The number of aromatic amines is 1. The SMILES string of the molecule is Cc1ccc(NC(=O)C(Sc2n[nH]c(-c3ccccc3Br)n2)c2ccccc2)cc1. The van der Waals surface area contributed by atoms with Crippen molar-refractivity contribution < 1.29 is 4.79 Å². The average Bonchev–Trinajstić information content (AvgIpc) is 3.23. The van der Waals surface area contributed by atoms with Gasteiger partial charge in [-0.1, -0.05) is 93.9 Å². The molecule has 0 spiro atoms. The Balaban J connectivity index is 1.59. The van der Waals surface area contributed by atoms with Gasteiger partial charge < -0.3 is 5.32 Å². The number of anilines is 1. The highest BCUT2D eigenvalue weighted by atomic mass is 79.9. The number of nitrogens with one attached hydrogen (secondary N) is 2. The summed E-state index contributed by atoms with van der Waals surface area (Å²) in [6.45, 7) is 2.01. The number of halogens is 1. The lowest BCUT2D eigenvalue weighted by Gasteiger charge is -2.15. The first-order valence-electron chi connectivity index (χ1n) is 9.36. The van der Waals surface area contributed by atoms with Crippen molar-refractivity contribution in [2.45, 2.75) is 17.3 Å². The van der Waals surface area contributed by atoms with E-state index in [0.29, 0.717) is 11.0 Å². The maximum atomic E-state index is 13.1. The van der Waals surface area contributed by atoms with Gasteiger partial charge in [-0.3, -0.25) is 9.89 Å². The predicted molar refractivity (Wildman–Crippen MR) is 124 cm³/mol. The standard InChI is InChI=1S/C23H19BrN4OS/c1-15-11-13-17(14-12-15)25-22(29)20(16-7-3-2-4-8-16)30-23-26-21(27-28-23)18-9-5-6-10-19(18)24/h2-14,20H,1H3,(H,25,29)(H,26,27,28). The molecule has 7 heteroatoms. The summed E-state index contributed by atoms with van der Waals surface area (Å²) in [7, 11) is 0. The zero-order valence-corrected chi connectivity index (χ0v) is 18.6. The summed E-state index contributed by atoms with van der Waals surface area (Å²) in [5, 5.41) is 10.3. The Kier molecular flexibility index (Phi) is 6.30. The van der Waals surface area contributed by atoms with E-state index in [1.807, 2.05) is 85.8 Å². The maximum absolute atomic E-state index is 13.1. The lowest BCUT2D eigenvalue weighted by Crippen LogP contribution is -2.19. The molecule has 0 saturated heterocycles. The van der Waals surface area contributed by atoms with Crippen molar-refractivity contribution in [3.05, 3.63) is 94.5 Å². The third kappa shape index (κ3) is 4.80. The molecule has 1 unspecified atom stereocenters. The van der Waals surface area contributed by atoms with Crippen LogP contribution in [0.5, 0.6) is 0 Å². The first-order valence-corrected chi connectivity index (χ1v) is 11.0. The van der Waals surface area contributed by atoms with Crippen LogP contribution in [0.25, 0.3) is 11.4 Å². The van der Waals surface area contributed by atoms with E-state index in [1.165, 1.54) is 11.8 Å². The number of hydrogen-bond donors (Lipinski definition) is 2. The van der Waals surface area contributed by atoms with Gasteiger partial charge in [-0.25, -0.2) is 4.98 Å². The van der Waals surface area contributed by atoms with Gasteiger partial charge in [0, 0.05) is 15.7 Å². The number of carbonyl (C=O) groups excluding carboxylic acids is 1. The van der Waals surface area contributed by atoms with Crippen molar-refractivity contribution in [2.75, 3.05) is 5.32 Å². The third-order valence-electron chi connectivity index (χ3n) is 4.48. The molecule has 2 N–H and O–H groups in total. The van der Waals surface area contributed by atoms with Gasteiger partial charge in [-0.05, 0) is 30.7 Å². The minimum absolute atomic E-state index is 0.123. The smallest absolute Gasteiger partial charge is 0.242 e. The molecule has 5 nitrogen and oxygen atoms in total. The van der Waals surface area contributed by atoms with Crippen LogP contribution in [0.1, 0.15) is 16.4 Å². The maximum Gasteiger partial charge on any atom is 0.242 e. The molecular weight excluding hydrogens is 460 g/mol. The van der Waals surface area contributed by atoms with Crippen molar-refractivity contribution in [1.82, 2.24) is 15.2 Å². The van der Waals surface area contributed by atoms with Crippen LogP contribution >= 0.6 is 27.7 Å². The zero-order chi connectivity index (χ0) is 20.9. The van der Waals surface area contributed by atoms with Crippen molar-refractivity contribution in [2.24, 2.45) is 0 Å². The molecule has 1 heterocycles. The van der Waals surface area contributed by atoms with Crippen LogP contribution in [0.3, 0.4) is 0 Å². The molecule has 1 atom stereocenters. The van der Waals surface area contributed by atoms with E-state index >= 15 is 0 Å². The van der Waals surface area contributed by atoms with Crippen LogP contribution in [0.4, 0.5) is 5.69 Å². The largest absolute Gasteiger partial charge is 0.325 e. The van der Waals surface area contributed by atoms with Crippen LogP contribution in [0.15, 0.2) is 88.5 Å². The van der Waals surface area contributed by atoms with Crippen molar-refractivity contribution >= 4 is 39.3 Å². The van der Waals surface area contributed by atoms with E-state index in [9.17, 15) is 4.79 Å². The molecule has 0 aliphatic heterocycles. The number of carbonyl (C=O) groups is 1. The van der Waals surface area contributed by atoms with Gasteiger partial charge in [0.2, 0.25) is 11.1 Å². The average molecular weight is 479 g/mol. The number of nitrogens with zero attached hydrogens (tertiary/aromatic N) is 2. The van der Waals surface area contributed by atoms with Gasteiger partial charge in [-0.2, -0.15) is 0 Å². The van der Waals surface area contributed by atoms with E-state index in [2.05, 4.69) is 36.4 Å². The van der Waals surface area contributed by atoms with Crippen LogP contribution in [-0.2, 0) is 4.79 Å². The summed E-state index contributed by atoms with van der Waals surface area (Å²) in [5.41, 5.74) is 3.70. The normalized spacial score (nSPS) is 11.8.